The molecule has 0 unspecified atom stereocenters. The van der Waals surface area contributed by atoms with E-state index in [4.69, 9.17) is 0 Å². The van der Waals surface area contributed by atoms with Gasteiger partial charge in [-0.15, -0.1) is 0 Å². The van der Waals surface area contributed by atoms with E-state index in [1.165, 1.54) is 6.92 Å². The maximum absolute atomic E-state index is 13.0. The molecule has 8 heteroatoms. The number of hydrogen-bond donors (Lipinski definition) is 1. The summed E-state index contributed by atoms with van der Waals surface area (Å²) in [5, 5.41) is 0. The van der Waals surface area contributed by atoms with Crippen molar-refractivity contribution in [1.29, 1.82) is 0 Å². The van der Waals surface area contributed by atoms with Crippen LogP contribution in [0.15, 0.2) is 21.9 Å². The quantitative estimate of drug-likeness (QED) is 0.747. The number of aryl methyl sites for hydroxylation is 1. The summed E-state index contributed by atoms with van der Waals surface area (Å²) < 4.78 is 48.5. The summed E-state index contributed by atoms with van der Waals surface area (Å²) in [4.78, 5) is 23.5. The second kappa shape index (κ2) is 3.95. The van der Waals surface area contributed by atoms with Crippen molar-refractivity contribution in [1.82, 2.24) is 9.55 Å². The Balaban J connectivity index is 3.36. The molecule has 0 fully saturated rings. The van der Waals surface area contributed by atoms with Crippen molar-refractivity contribution in [3.63, 3.8) is 0 Å². The Bertz CT molecular complexity index is 538. The second-order valence-electron chi connectivity index (χ2n) is 2.95. The van der Waals surface area contributed by atoms with Crippen LogP contribution in [0.3, 0.4) is 0 Å². The van der Waals surface area contributed by atoms with Crippen LogP contribution in [0, 0.1) is 6.92 Å². The van der Waals surface area contributed by atoms with Crippen LogP contribution in [-0.2, 0) is 0 Å². The maximum Gasteiger partial charge on any atom is 0.414 e. The SMILES string of the molecule is Cc1cn(/C(F)=C/C(F)(F)F)c(=O)[nH]c1=O. The van der Waals surface area contributed by atoms with E-state index in [1.54, 1.807) is 4.98 Å². The van der Waals surface area contributed by atoms with Crippen LogP contribution in [0.4, 0.5) is 17.6 Å². The molecule has 4 nitrogen and oxygen atoms in total. The molecule has 0 amide bonds. The number of halogens is 4. The zero-order valence-electron chi connectivity index (χ0n) is 7.93. The summed E-state index contributed by atoms with van der Waals surface area (Å²) >= 11 is 0. The number of rotatable bonds is 1. The van der Waals surface area contributed by atoms with E-state index in [2.05, 4.69) is 0 Å². The van der Waals surface area contributed by atoms with Gasteiger partial charge < -0.3 is 0 Å². The van der Waals surface area contributed by atoms with Gasteiger partial charge in [0.25, 0.3) is 5.56 Å². The first kappa shape index (κ1) is 12.2. The molecule has 0 atom stereocenters. The van der Waals surface area contributed by atoms with E-state index in [9.17, 15) is 27.2 Å². The fourth-order valence-electron chi connectivity index (χ4n) is 0.930. The predicted octanol–water partition coefficient (Wildman–Crippen LogP) is 1.18. The van der Waals surface area contributed by atoms with Crippen molar-refractivity contribution < 1.29 is 17.6 Å². The molecule has 1 aromatic heterocycles. The molecule has 0 aliphatic heterocycles. The standard InChI is InChI=1S/C8H6F4N2O2/c1-4-3-14(7(16)13-6(4)15)5(9)2-8(10,11)12/h2-3H,1H3,(H,13,15,16)/b5-2+. The zero-order valence-corrected chi connectivity index (χ0v) is 7.93. The lowest BCUT2D eigenvalue weighted by molar-refractivity contribution is -0.0801. The van der Waals surface area contributed by atoms with Gasteiger partial charge in [0.15, 0.2) is 0 Å². The highest BCUT2D eigenvalue weighted by Crippen LogP contribution is 2.20. The van der Waals surface area contributed by atoms with Crippen LogP contribution in [0.1, 0.15) is 5.56 Å². The van der Waals surface area contributed by atoms with Gasteiger partial charge in [-0.1, -0.05) is 0 Å². The van der Waals surface area contributed by atoms with Crippen molar-refractivity contribution in [2.45, 2.75) is 13.1 Å². The van der Waals surface area contributed by atoms with Gasteiger partial charge >= 0.3 is 11.9 Å². The molecule has 1 heterocycles. The number of aromatic amines is 1. The molecule has 88 valence electrons. The molecule has 1 rings (SSSR count). The molecular weight excluding hydrogens is 232 g/mol. The summed E-state index contributed by atoms with van der Waals surface area (Å²) in [6.45, 7) is 1.23. The maximum atomic E-state index is 13.0. The van der Waals surface area contributed by atoms with E-state index < -0.39 is 29.5 Å². The number of nitrogens with one attached hydrogen (secondary N) is 1. The fourth-order valence-corrected chi connectivity index (χ4v) is 0.930. The Morgan fingerprint density at radius 2 is 2.00 bits per heavy atom. The number of alkyl halides is 3. The minimum atomic E-state index is -4.88. The van der Waals surface area contributed by atoms with Crippen molar-refractivity contribution in [2.75, 3.05) is 0 Å². The minimum Gasteiger partial charge on any atom is -0.273 e. The molecule has 0 aliphatic rings. The highest BCUT2D eigenvalue weighted by Gasteiger charge is 2.26. The molecule has 0 bridgehead atoms. The van der Waals surface area contributed by atoms with E-state index in [0.717, 1.165) is 0 Å². The van der Waals surface area contributed by atoms with Gasteiger partial charge in [-0.3, -0.25) is 9.78 Å². The lowest BCUT2D eigenvalue weighted by atomic mass is 10.4. The number of hydrogen-bond acceptors (Lipinski definition) is 2. The van der Waals surface area contributed by atoms with Crippen LogP contribution in [0.2, 0.25) is 0 Å². The van der Waals surface area contributed by atoms with Crippen molar-refractivity contribution >= 4 is 5.95 Å². The largest absolute Gasteiger partial charge is 0.414 e. The summed E-state index contributed by atoms with van der Waals surface area (Å²) in [6, 6.07) is 0. The van der Waals surface area contributed by atoms with Gasteiger partial charge in [0.1, 0.15) is 0 Å². The number of H-pyrrole nitrogens is 1. The lowest BCUT2D eigenvalue weighted by Crippen LogP contribution is -2.30. The van der Waals surface area contributed by atoms with Gasteiger partial charge in [0, 0.05) is 11.8 Å². The Morgan fingerprint density at radius 1 is 1.44 bits per heavy atom. The van der Waals surface area contributed by atoms with Gasteiger partial charge in [-0.25, -0.2) is 9.36 Å². The zero-order chi connectivity index (χ0) is 12.5. The van der Waals surface area contributed by atoms with Gasteiger partial charge in [0.2, 0.25) is 5.95 Å². The first-order chi connectivity index (χ1) is 7.20. The lowest BCUT2D eigenvalue weighted by Gasteiger charge is -2.04. The van der Waals surface area contributed by atoms with Crippen LogP contribution in [0.25, 0.3) is 5.95 Å². The first-order valence-electron chi connectivity index (χ1n) is 3.99. The molecule has 0 saturated heterocycles. The molecule has 0 radical (unpaired) electrons. The summed E-state index contributed by atoms with van der Waals surface area (Å²) in [6.07, 6.45) is -4.86. The second-order valence-corrected chi connectivity index (χ2v) is 2.95. The average molecular weight is 238 g/mol. The van der Waals surface area contributed by atoms with E-state index >= 15 is 0 Å². The minimum absolute atomic E-state index is 0.0736. The molecule has 0 aromatic carbocycles. The smallest absolute Gasteiger partial charge is 0.273 e. The number of aromatic nitrogens is 2. The Labute approximate surface area is 85.8 Å². The summed E-state index contributed by atoms with van der Waals surface area (Å²) in [7, 11) is 0. The summed E-state index contributed by atoms with van der Waals surface area (Å²) in [5.41, 5.74) is -2.13. The molecule has 1 N–H and O–H groups in total. The number of nitrogens with zero attached hydrogens (tertiary/aromatic N) is 1. The molecule has 0 saturated carbocycles. The van der Waals surface area contributed by atoms with Gasteiger partial charge in [-0.05, 0) is 6.92 Å². The molecule has 16 heavy (non-hydrogen) atoms. The monoisotopic (exact) mass is 238 g/mol. The van der Waals surface area contributed by atoms with E-state index in [1.807, 2.05) is 0 Å². The van der Waals surface area contributed by atoms with Crippen LogP contribution in [-0.4, -0.2) is 15.7 Å². The third-order valence-electron chi connectivity index (χ3n) is 1.63. The molecule has 1 aromatic rings. The highest BCUT2D eigenvalue weighted by atomic mass is 19.4. The normalized spacial score (nSPS) is 12.9. The predicted molar refractivity (Wildman–Crippen MR) is 47.5 cm³/mol. The molecular formula is C8H6F4N2O2. The average Bonchev–Trinajstić information content (AvgIpc) is 2.08. The molecule has 0 spiro atoms. The van der Waals surface area contributed by atoms with Crippen molar-refractivity contribution in [3.8, 4) is 0 Å². The van der Waals surface area contributed by atoms with E-state index in [0.29, 0.717) is 6.20 Å². The van der Waals surface area contributed by atoms with Crippen LogP contribution < -0.4 is 11.2 Å². The Kier molecular flexibility index (Phi) is 3.02. The van der Waals surface area contributed by atoms with Crippen LogP contribution in [0.5, 0.6) is 0 Å². The van der Waals surface area contributed by atoms with Gasteiger partial charge in [0.05, 0.1) is 6.08 Å². The Morgan fingerprint density at radius 3 is 2.50 bits per heavy atom. The number of allylic oxidation sites excluding steroid dienone is 1. The topological polar surface area (TPSA) is 54.9 Å². The van der Waals surface area contributed by atoms with E-state index in [-0.39, 0.29) is 10.1 Å². The summed E-state index contributed by atoms with van der Waals surface area (Å²) in [5.74, 6) is -1.81. The third-order valence-corrected chi connectivity index (χ3v) is 1.63. The van der Waals surface area contributed by atoms with Gasteiger partial charge in [-0.2, -0.15) is 17.6 Å². The van der Waals surface area contributed by atoms with Crippen molar-refractivity contribution in [2.24, 2.45) is 0 Å². The highest BCUT2D eigenvalue weighted by molar-refractivity contribution is 5.36. The third kappa shape index (κ3) is 2.81. The molecule has 0 aliphatic carbocycles. The first-order valence-corrected chi connectivity index (χ1v) is 3.99. The van der Waals surface area contributed by atoms with Crippen LogP contribution >= 0.6 is 0 Å². The Hall–Kier alpha value is -1.86. The fraction of sp³-hybridized carbons (Fsp3) is 0.250. The van der Waals surface area contributed by atoms with Crippen molar-refractivity contribution in [3.05, 3.63) is 38.7 Å².